The minimum absolute atomic E-state index is 0.134. The minimum atomic E-state index is -0.134. The van der Waals surface area contributed by atoms with Crippen LogP contribution in [-0.4, -0.2) is 68.5 Å². The molecule has 0 bridgehead atoms. The van der Waals surface area contributed by atoms with E-state index < -0.39 is 0 Å². The molecule has 6 nitrogen and oxygen atoms in total. The second kappa shape index (κ2) is 10.1. The zero-order chi connectivity index (χ0) is 14.8. The summed E-state index contributed by atoms with van der Waals surface area (Å²) in [5, 5.41) is 12.3. The first kappa shape index (κ1) is 17.4. The van der Waals surface area contributed by atoms with Crippen LogP contribution >= 0.6 is 0 Å². The molecule has 20 heavy (non-hydrogen) atoms. The summed E-state index contributed by atoms with van der Waals surface area (Å²) in [7, 11) is 1.43. The van der Waals surface area contributed by atoms with E-state index in [0.717, 1.165) is 45.4 Å². The van der Waals surface area contributed by atoms with Crippen LogP contribution in [0.1, 0.15) is 25.7 Å². The number of nitrogens with two attached hydrogens (primary N) is 1. The first-order chi connectivity index (χ1) is 9.69. The zero-order valence-corrected chi connectivity index (χ0v) is 12.5. The summed E-state index contributed by atoms with van der Waals surface area (Å²) in [6.07, 6.45) is 3.20. The first-order valence-corrected chi connectivity index (χ1v) is 7.53. The quantitative estimate of drug-likeness (QED) is 0.394. The summed E-state index contributed by atoms with van der Waals surface area (Å²) in [6.45, 7) is 4.61. The molecule has 1 saturated heterocycles. The highest BCUT2D eigenvalue weighted by Gasteiger charge is 2.26. The summed E-state index contributed by atoms with van der Waals surface area (Å²) in [5.74, 6) is 0.367. The highest BCUT2D eigenvalue weighted by molar-refractivity contribution is 5.69. The van der Waals surface area contributed by atoms with Crippen molar-refractivity contribution in [3.8, 4) is 0 Å². The monoisotopic (exact) mass is 287 g/mol. The van der Waals surface area contributed by atoms with E-state index in [4.69, 9.17) is 15.6 Å². The molecule has 0 amide bonds. The molecular weight excluding hydrogens is 258 g/mol. The average molecular weight is 287 g/mol. The van der Waals surface area contributed by atoms with Crippen LogP contribution in [0.2, 0.25) is 0 Å². The van der Waals surface area contributed by atoms with E-state index in [9.17, 15) is 4.79 Å². The Balaban J connectivity index is 2.40. The third kappa shape index (κ3) is 6.65. The number of hydrogen-bond acceptors (Lipinski definition) is 6. The summed E-state index contributed by atoms with van der Waals surface area (Å²) >= 11 is 0. The second-order valence-corrected chi connectivity index (χ2v) is 5.49. The number of rotatable bonds is 9. The first-order valence-electron chi connectivity index (χ1n) is 7.53. The molecule has 0 aliphatic carbocycles. The minimum Gasteiger partial charge on any atom is -0.469 e. The predicted octanol–water partition coefficient (Wildman–Crippen LogP) is -0.439. The van der Waals surface area contributed by atoms with Gasteiger partial charge in [0.15, 0.2) is 0 Å². The Labute approximate surface area is 121 Å². The van der Waals surface area contributed by atoms with Crippen molar-refractivity contribution < 1.29 is 14.6 Å². The molecule has 1 fully saturated rings. The van der Waals surface area contributed by atoms with Crippen LogP contribution in [0.15, 0.2) is 0 Å². The molecule has 118 valence electrons. The lowest BCUT2D eigenvalue weighted by atomic mass is 9.90. The average Bonchev–Trinajstić information content (AvgIpc) is 2.45. The number of hydrogen-bond donors (Lipinski definition) is 3. The number of aliphatic hydroxyl groups is 1. The van der Waals surface area contributed by atoms with Gasteiger partial charge < -0.3 is 25.8 Å². The lowest BCUT2D eigenvalue weighted by Gasteiger charge is -2.38. The van der Waals surface area contributed by atoms with Gasteiger partial charge in [-0.05, 0) is 31.7 Å². The molecule has 1 heterocycles. The fourth-order valence-corrected chi connectivity index (χ4v) is 2.83. The molecule has 1 aliphatic rings. The predicted molar refractivity (Wildman–Crippen MR) is 78.3 cm³/mol. The van der Waals surface area contributed by atoms with Crippen LogP contribution in [0.4, 0.5) is 0 Å². The van der Waals surface area contributed by atoms with Crippen molar-refractivity contribution in [2.75, 3.05) is 46.4 Å². The Bertz CT molecular complexity index is 276. The van der Waals surface area contributed by atoms with Gasteiger partial charge >= 0.3 is 5.97 Å². The van der Waals surface area contributed by atoms with Gasteiger partial charge in [0, 0.05) is 45.2 Å². The maximum absolute atomic E-state index is 11.3. The molecule has 0 aromatic rings. The fourth-order valence-electron chi connectivity index (χ4n) is 2.83. The number of nitrogens with zero attached hydrogens (tertiary/aromatic N) is 1. The number of nitrogens with one attached hydrogen (secondary N) is 1. The van der Waals surface area contributed by atoms with E-state index >= 15 is 0 Å². The fraction of sp³-hybridized carbons (Fsp3) is 0.929. The van der Waals surface area contributed by atoms with E-state index in [-0.39, 0.29) is 12.6 Å². The zero-order valence-electron chi connectivity index (χ0n) is 12.5. The normalized spacial score (nSPS) is 23.8. The molecule has 1 rings (SSSR count). The van der Waals surface area contributed by atoms with Gasteiger partial charge in [-0.2, -0.15) is 0 Å². The summed E-state index contributed by atoms with van der Waals surface area (Å²) in [4.78, 5) is 13.6. The van der Waals surface area contributed by atoms with E-state index in [1.54, 1.807) is 0 Å². The van der Waals surface area contributed by atoms with Crippen LogP contribution < -0.4 is 11.1 Å². The van der Waals surface area contributed by atoms with E-state index in [1.807, 2.05) is 0 Å². The number of esters is 1. The SMILES string of the molecule is COC(=O)CCC1CC(NCCCO)CN(CCN)C1. The molecule has 6 heteroatoms. The van der Waals surface area contributed by atoms with Crippen LogP contribution in [0.25, 0.3) is 0 Å². The van der Waals surface area contributed by atoms with Crippen molar-refractivity contribution in [1.29, 1.82) is 0 Å². The number of aliphatic hydroxyl groups excluding tert-OH is 1. The largest absolute Gasteiger partial charge is 0.469 e. The summed E-state index contributed by atoms with van der Waals surface area (Å²) < 4.78 is 4.71. The maximum Gasteiger partial charge on any atom is 0.305 e. The molecular formula is C14H29N3O3. The molecule has 0 saturated carbocycles. The lowest BCUT2D eigenvalue weighted by molar-refractivity contribution is -0.141. The Morgan fingerprint density at radius 1 is 1.50 bits per heavy atom. The Morgan fingerprint density at radius 3 is 2.95 bits per heavy atom. The molecule has 0 aromatic carbocycles. The van der Waals surface area contributed by atoms with Gasteiger partial charge in [-0.15, -0.1) is 0 Å². The number of carbonyl (C=O) groups excluding carboxylic acids is 1. The smallest absolute Gasteiger partial charge is 0.305 e. The number of methoxy groups -OCH3 is 1. The van der Waals surface area contributed by atoms with Gasteiger partial charge in [0.25, 0.3) is 0 Å². The summed E-state index contributed by atoms with van der Waals surface area (Å²) in [6, 6.07) is 0.421. The lowest BCUT2D eigenvalue weighted by Crippen LogP contribution is -2.50. The van der Waals surface area contributed by atoms with Crippen molar-refractivity contribution in [2.24, 2.45) is 11.7 Å². The molecule has 0 radical (unpaired) electrons. The number of carbonyl (C=O) groups is 1. The van der Waals surface area contributed by atoms with Crippen molar-refractivity contribution >= 4 is 5.97 Å². The number of ether oxygens (including phenoxy) is 1. The molecule has 0 spiro atoms. The topological polar surface area (TPSA) is 87.8 Å². The van der Waals surface area contributed by atoms with Gasteiger partial charge in [0.1, 0.15) is 0 Å². The maximum atomic E-state index is 11.3. The third-order valence-corrected chi connectivity index (χ3v) is 3.81. The van der Waals surface area contributed by atoms with Crippen LogP contribution in [0.3, 0.4) is 0 Å². The Hall–Kier alpha value is -0.690. The molecule has 4 N–H and O–H groups in total. The van der Waals surface area contributed by atoms with E-state index in [2.05, 4.69) is 10.2 Å². The number of likely N-dealkylation sites (tertiary alicyclic amines) is 1. The molecule has 2 atom stereocenters. The second-order valence-electron chi connectivity index (χ2n) is 5.49. The van der Waals surface area contributed by atoms with Gasteiger partial charge in [-0.1, -0.05) is 0 Å². The van der Waals surface area contributed by atoms with Gasteiger partial charge in [-0.3, -0.25) is 4.79 Å². The highest BCUT2D eigenvalue weighted by atomic mass is 16.5. The van der Waals surface area contributed by atoms with Crippen molar-refractivity contribution in [1.82, 2.24) is 10.2 Å². The Morgan fingerprint density at radius 2 is 2.30 bits per heavy atom. The highest BCUT2D eigenvalue weighted by Crippen LogP contribution is 2.21. The van der Waals surface area contributed by atoms with E-state index in [1.165, 1.54) is 7.11 Å². The van der Waals surface area contributed by atoms with Crippen LogP contribution in [-0.2, 0) is 9.53 Å². The third-order valence-electron chi connectivity index (χ3n) is 3.81. The van der Waals surface area contributed by atoms with Crippen LogP contribution in [0, 0.1) is 5.92 Å². The van der Waals surface area contributed by atoms with Crippen LogP contribution in [0.5, 0.6) is 0 Å². The Kier molecular flexibility index (Phi) is 8.77. The van der Waals surface area contributed by atoms with E-state index in [0.29, 0.717) is 24.9 Å². The molecule has 0 aromatic heterocycles. The molecule has 1 aliphatic heterocycles. The van der Waals surface area contributed by atoms with Gasteiger partial charge in [-0.25, -0.2) is 0 Å². The molecule has 2 unspecified atom stereocenters. The van der Waals surface area contributed by atoms with Gasteiger partial charge in [0.2, 0.25) is 0 Å². The van der Waals surface area contributed by atoms with Crippen molar-refractivity contribution in [2.45, 2.75) is 31.7 Å². The van der Waals surface area contributed by atoms with Crippen molar-refractivity contribution in [3.05, 3.63) is 0 Å². The van der Waals surface area contributed by atoms with Crippen molar-refractivity contribution in [3.63, 3.8) is 0 Å². The number of piperidine rings is 1. The van der Waals surface area contributed by atoms with Gasteiger partial charge in [0.05, 0.1) is 7.11 Å². The summed E-state index contributed by atoms with van der Waals surface area (Å²) in [5.41, 5.74) is 5.65. The standard InChI is InChI=1S/C14H29N3O3/c1-20-14(19)4-3-12-9-13(16-6-2-8-18)11-17(10-12)7-5-15/h12-13,16,18H,2-11,15H2,1H3.